The number of benzene rings is 2. The number of rotatable bonds is 8. The Morgan fingerprint density at radius 1 is 0.661 bits per heavy atom. The van der Waals surface area contributed by atoms with Gasteiger partial charge in [0, 0.05) is 84.7 Å². The number of aromatic nitrogens is 10. The highest BCUT2D eigenvalue weighted by Crippen LogP contribution is 2.37. The minimum Gasteiger partial charge on any atom is -0.381 e. The third-order valence-corrected chi connectivity index (χ3v) is 11.4. The van der Waals surface area contributed by atoms with Gasteiger partial charge in [-0.2, -0.15) is 10.2 Å². The van der Waals surface area contributed by atoms with Gasteiger partial charge in [-0.05, 0) is 78.9 Å². The summed E-state index contributed by atoms with van der Waals surface area (Å²) in [5.74, 6) is 0.685. The van der Waals surface area contributed by atoms with Crippen LogP contribution in [0.15, 0.2) is 89.0 Å². The second-order valence-electron chi connectivity index (χ2n) is 15.6. The van der Waals surface area contributed by atoms with Gasteiger partial charge in [-0.25, -0.2) is 19.9 Å². The lowest BCUT2D eigenvalue weighted by Gasteiger charge is -2.27. The molecule has 0 bridgehead atoms. The predicted octanol–water partition coefficient (Wildman–Crippen LogP) is 4.79. The van der Waals surface area contributed by atoms with Crippen LogP contribution in [0.4, 0.5) is 23.3 Å². The van der Waals surface area contributed by atoms with Crippen molar-refractivity contribution in [3.8, 4) is 45.2 Å². The number of piperidine rings is 2. The number of hydrogen-bond donors (Lipinski definition) is 4. The number of aryl methyl sites for hydroxylation is 1. The second kappa shape index (κ2) is 15.2. The third kappa shape index (κ3) is 6.89. The first-order valence-corrected chi connectivity index (χ1v) is 20.3. The van der Waals surface area contributed by atoms with Crippen LogP contribution < -0.4 is 32.4 Å². The number of fused-ring (bicyclic) bond motifs is 2. The molecule has 62 heavy (non-hydrogen) atoms. The Morgan fingerprint density at radius 2 is 1.27 bits per heavy atom. The lowest BCUT2D eigenvalue weighted by molar-refractivity contribution is -0.120. The van der Waals surface area contributed by atoms with Gasteiger partial charge in [-0.1, -0.05) is 12.1 Å². The topological polar surface area (TPSA) is 246 Å². The van der Waals surface area contributed by atoms with Crippen LogP contribution in [0.1, 0.15) is 44.2 Å². The molecule has 10 rings (SSSR count). The molecule has 0 saturated carbocycles. The lowest BCUT2D eigenvalue weighted by atomic mass is 10.0. The molecule has 2 saturated heterocycles. The summed E-state index contributed by atoms with van der Waals surface area (Å²) in [5, 5.41) is 11.5. The Kier molecular flexibility index (Phi) is 9.38. The van der Waals surface area contributed by atoms with Gasteiger partial charge in [0.15, 0.2) is 23.3 Å². The number of nitrogens with zero attached hydrogens (tertiary/aromatic N) is 10. The highest BCUT2D eigenvalue weighted by Gasteiger charge is 2.28. The molecule has 2 aliphatic rings. The summed E-state index contributed by atoms with van der Waals surface area (Å²) < 4.78 is 3.33. The number of hydrogen-bond acceptors (Lipinski definition) is 12. The van der Waals surface area contributed by atoms with Crippen molar-refractivity contribution in [1.82, 2.24) is 49.5 Å². The minimum absolute atomic E-state index is 0.0574. The number of nitrogens with two attached hydrogens (primary N) is 2. The molecule has 2 fully saturated rings. The number of nitrogens with one attached hydrogen (secondary N) is 2. The second-order valence-corrected chi connectivity index (χ2v) is 15.6. The fourth-order valence-electron chi connectivity index (χ4n) is 8.31. The number of amides is 2. The van der Waals surface area contributed by atoms with Crippen molar-refractivity contribution in [3.63, 3.8) is 0 Å². The van der Waals surface area contributed by atoms with Crippen LogP contribution in [-0.2, 0) is 23.2 Å². The maximum atomic E-state index is 13.6. The molecule has 0 radical (unpaired) electrons. The lowest BCUT2D eigenvalue weighted by Crippen LogP contribution is -2.36. The standard InChI is InChI=1S/C44H40N14O4/c1-55-22-28(21-48-55)37-35(52-41(39(45)50-37)57-15-4-2-6-33(57)59)26-9-11-31-27(19-26)20-29(49-44(31)62)23-56-17-13-32(54-56)38-36(25-8-10-30-24(18-25)12-14-47-43(30)61)53-42(40(46)51-38)58-16-5-3-7-34(58)60/h8-14,17-22H,2-7,15-16,23H2,1H3,(H2,45,50)(H2,46,51)(H,47,61)(H,49,62). The van der Waals surface area contributed by atoms with E-state index in [4.69, 9.17) is 36.5 Å². The number of pyridine rings is 2. The maximum absolute atomic E-state index is 13.6. The molecule has 310 valence electrons. The first-order chi connectivity index (χ1) is 30.1. The summed E-state index contributed by atoms with van der Waals surface area (Å²) in [6.07, 6.45) is 10.9. The highest BCUT2D eigenvalue weighted by atomic mass is 16.2. The van der Waals surface area contributed by atoms with Crippen molar-refractivity contribution in [3.05, 3.63) is 106 Å². The van der Waals surface area contributed by atoms with E-state index in [9.17, 15) is 19.2 Å². The third-order valence-electron chi connectivity index (χ3n) is 11.4. The van der Waals surface area contributed by atoms with Crippen LogP contribution in [-0.4, -0.2) is 74.4 Å². The monoisotopic (exact) mass is 828 g/mol. The van der Waals surface area contributed by atoms with Gasteiger partial charge in [-0.15, -0.1) is 0 Å². The first-order valence-electron chi connectivity index (χ1n) is 20.3. The molecular weight excluding hydrogens is 789 g/mol. The molecule has 0 aliphatic carbocycles. The number of carbonyl (C=O) groups excluding carboxylic acids is 2. The van der Waals surface area contributed by atoms with E-state index < -0.39 is 0 Å². The number of aromatic amines is 2. The molecule has 0 atom stereocenters. The number of H-pyrrole nitrogens is 2. The molecule has 2 aliphatic heterocycles. The van der Waals surface area contributed by atoms with E-state index in [-0.39, 0.29) is 46.9 Å². The summed E-state index contributed by atoms with van der Waals surface area (Å²) in [6.45, 7) is 1.16. The summed E-state index contributed by atoms with van der Waals surface area (Å²) >= 11 is 0. The van der Waals surface area contributed by atoms with Crippen molar-refractivity contribution in [2.45, 2.75) is 45.1 Å². The average molecular weight is 829 g/mol. The predicted molar refractivity (Wildman–Crippen MR) is 235 cm³/mol. The van der Waals surface area contributed by atoms with Crippen molar-refractivity contribution < 1.29 is 9.59 Å². The molecule has 0 unspecified atom stereocenters. The normalized spacial score (nSPS) is 14.7. The van der Waals surface area contributed by atoms with Gasteiger partial charge in [0.1, 0.15) is 22.8 Å². The van der Waals surface area contributed by atoms with Gasteiger partial charge in [-0.3, -0.25) is 38.3 Å². The van der Waals surface area contributed by atoms with Gasteiger partial charge in [0.2, 0.25) is 11.8 Å². The molecule has 18 nitrogen and oxygen atoms in total. The largest absolute Gasteiger partial charge is 0.381 e. The van der Waals surface area contributed by atoms with Crippen LogP contribution >= 0.6 is 0 Å². The minimum atomic E-state index is -0.286. The van der Waals surface area contributed by atoms with Crippen molar-refractivity contribution in [2.75, 3.05) is 34.4 Å². The van der Waals surface area contributed by atoms with Crippen molar-refractivity contribution >= 4 is 56.6 Å². The maximum Gasteiger partial charge on any atom is 0.256 e. The molecular formula is C44H40N14O4. The summed E-state index contributed by atoms with van der Waals surface area (Å²) in [7, 11) is 1.80. The van der Waals surface area contributed by atoms with Crippen molar-refractivity contribution in [2.24, 2.45) is 7.05 Å². The zero-order valence-corrected chi connectivity index (χ0v) is 33.6. The highest BCUT2D eigenvalue weighted by molar-refractivity contribution is 5.98. The molecule has 8 aromatic rings. The Bertz CT molecular complexity index is 3240. The van der Waals surface area contributed by atoms with Crippen molar-refractivity contribution in [1.29, 1.82) is 0 Å². The fraction of sp³-hybridized carbons (Fsp3) is 0.227. The van der Waals surface area contributed by atoms with E-state index in [1.54, 1.807) is 75.1 Å². The summed E-state index contributed by atoms with van der Waals surface area (Å²) in [4.78, 5) is 80.4. The first kappa shape index (κ1) is 38.2. The van der Waals surface area contributed by atoms with Crippen LogP contribution in [0.5, 0.6) is 0 Å². The van der Waals surface area contributed by atoms with Crippen LogP contribution in [0.2, 0.25) is 0 Å². The van der Waals surface area contributed by atoms with E-state index in [0.29, 0.717) is 104 Å². The van der Waals surface area contributed by atoms with E-state index in [1.165, 1.54) is 0 Å². The van der Waals surface area contributed by atoms with Gasteiger partial charge >= 0.3 is 0 Å². The Balaban J connectivity index is 1.02. The number of nitrogen functional groups attached to an aromatic ring is 2. The van der Waals surface area contributed by atoms with E-state index in [0.717, 1.165) is 25.7 Å². The molecule has 6 N–H and O–H groups in total. The van der Waals surface area contributed by atoms with Gasteiger partial charge in [0.05, 0.1) is 18.4 Å². The Hall–Kier alpha value is -8.02. The SMILES string of the molecule is Cn1cc(-c2nc(N)c(N3CCCCC3=O)nc2-c2ccc3c(=O)[nH]c(Cn4ccc(-c5nc(N)c(N6CCCCC6=O)nc5-c5ccc6c(=O)[nH]ccc6c5)n4)cc3c2)cn1. The molecule has 6 aromatic heterocycles. The quantitative estimate of drug-likeness (QED) is 0.162. The van der Waals surface area contributed by atoms with E-state index in [2.05, 4.69) is 15.1 Å². The van der Waals surface area contributed by atoms with Crippen LogP contribution in [0.25, 0.3) is 66.7 Å². The molecule has 8 heterocycles. The summed E-state index contributed by atoms with van der Waals surface area (Å²) in [6, 6.07) is 16.3. The van der Waals surface area contributed by atoms with E-state index >= 15 is 0 Å². The summed E-state index contributed by atoms with van der Waals surface area (Å²) in [5.41, 5.74) is 17.4. The molecule has 0 spiro atoms. The molecule has 18 heteroatoms. The van der Waals surface area contributed by atoms with Gasteiger partial charge in [0.25, 0.3) is 11.1 Å². The number of carbonyl (C=O) groups is 2. The average Bonchev–Trinajstić information content (AvgIpc) is 3.93. The smallest absolute Gasteiger partial charge is 0.256 e. The molecule has 2 amide bonds. The van der Waals surface area contributed by atoms with Crippen LogP contribution in [0, 0.1) is 0 Å². The Morgan fingerprint density at radius 3 is 1.92 bits per heavy atom. The van der Waals surface area contributed by atoms with Crippen LogP contribution in [0.3, 0.4) is 0 Å². The number of anilines is 4. The molecule has 2 aromatic carbocycles. The van der Waals surface area contributed by atoms with E-state index in [1.807, 2.05) is 30.5 Å². The van der Waals surface area contributed by atoms with Gasteiger partial charge < -0.3 is 21.4 Å². The Labute approximate surface area is 352 Å². The zero-order valence-electron chi connectivity index (χ0n) is 33.6. The fourth-order valence-corrected chi connectivity index (χ4v) is 8.31. The zero-order chi connectivity index (χ0) is 42.6.